The second kappa shape index (κ2) is 4.88. The lowest BCUT2D eigenvalue weighted by atomic mass is 10.3. The Kier molecular flexibility index (Phi) is 3.30. The molecule has 2 aromatic heterocycles. The number of nitrogens with one attached hydrogen (secondary N) is 1. The number of hydrogen-bond donors (Lipinski definition) is 2. The molecule has 0 radical (unpaired) electrons. The van der Waals surface area contributed by atoms with Gasteiger partial charge < -0.3 is 14.8 Å². The van der Waals surface area contributed by atoms with Gasteiger partial charge in [-0.2, -0.15) is 0 Å². The molecule has 0 atom stereocenters. The first-order chi connectivity index (χ1) is 8.16. The lowest BCUT2D eigenvalue weighted by Gasteiger charge is -2.06. The summed E-state index contributed by atoms with van der Waals surface area (Å²) < 4.78 is 5.13. The van der Waals surface area contributed by atoms with Crippen LogP contribution in [-0.2, 0) is 6.54 Å². The van der Waals surface area contributed by atoms with Crippen LogP contribution in [0.5, 0.6) is 0 Å². The molecule has 5 nitrogen and oxygen atoms in total. The maximum absolute atomic E-state index is 10.7. The molecule has 2 heterocycles. The highest BCUT2D eigenvalue weighted by Crippen LogP contribution is 2.20. The van der Waals surface area contributed by atoms with Gasteiger partial charge in [0.1, 0.15) is 11.6 Å². The highest BCUT2D eigenvalue weighted by molar-refractivity contribution is 6.33. The fraction of sp³-hybridized carbons (Fsp3) is 0.0909. The molecule has 0 bridgehead atoms. The minimum absolute atomic E-state index is 0.0542. The normalized spacial score (nSPS) is 10.2. The Morgan fingerprint density at radius 1 is 1.59 bits per heavy atom. The molecule has 2 rings (SSSR count). The number of aromatic nitrogens is 1. The number of pyridine rings is 1. The van der Waals surface area contributed by atoms with E-state index in [9.17, 15) is 4.79 Å². The molecular weight excluding hydrogens is 244 g/mol. The van der Waals surface area contributed by atoms with Crippen molar-refractivity contribution in [2.45, 2.75) is 6.54 Å². The third kappa shape index (κ3) is 2.76. The highest BCUT2D eigenvalue weighted by atomic mass is 35.5. The van der Waals surface area contributed by atoms with E-state index in [0.717, 1.165) is 5.76 Å². The van der Waals surface area contributed by atoms with Gasteiger partial charge in [-0.15, -0.1) is 0 Å². The second-order valence-electron chi connectivity index (χ2n) is 3.29. The Balaban J connectivity index is 2.09. The molecule has 6 heteroatoms. The summed E-state index contributed by atoms with van der Waals surface area (Å²) in [7, 11) is 0. The van der Waals surface area contributed by atoms with E-state index >= 15 is 0 Å². The van der Waals surface area contributed by atoms with Crippen molar-refractivity contribution < 1.29 is 14.3 Å². The molecule has 0 saturated heterocycles. The molecule has 0 saturated carbocycles. The van der Waals surface area contributed by atoms with Gasteiger partial charge in [0.25, 0.3) is 0 Å². The molecular formula is C11H9ClN2O3. The first kappa shape index (κ1) is 11.5. The minimum atomic E-state index is -1.06. The number of aromatic carboxylic acids is 1. The van der Waals surface area contributed by atoms with E-state index in [1.807, 2.05) is 6.07 Å². The van der Waals surface area contributed by atoms with Crippen molar-refractivity contribution in [3.63, 3.8) is 0 Å². The first-order valence-electron chi connectivity index (χ1n) is 4.82. The Labute approximate surface area is 102 Å². The summed E-state index contributed by atoms with van der Waals surface area (Å²) in [5.74, 6) is 0.107. The van der Waals surface area contributed by atoms with Crippen LogP contribution in [0.4, 0.5) is 5.82 Å². The van der Waals surface area contributed by atoms with Crippen molar-refractivity contribution >= 4 is 23.4 Å². The number of halogens is 1. The topological polar surface area (TPSA) is 75.4 Å². The summed E-state index contributed by atoms with van der Waals surface area (Å²) in [4.78, 5) is 14.6. The Bertz CT molecular complexity index is 526. The zero-order valence-corrected chi connectivity index (χ0v) is 9.44. The van der Waals surface area contributed by atoms with E-state index in [1.54, 1.807) is 12.3 Å². The molecule has 0 spiro atoms. The van der Waals surface area contributed by atoms with Crippen LogP contribution in [0.25, 0.3) is 0 Å². The monoisotopic (exact) mass is 252 g/mol. The van der Waals surface area contributed by atoms with E-state index in [2.05, 4.69) is 10.3 Å². The largest absolute Gasteiger partial charge is 0.478 e. The predicted molar refractivity (Wildman–Crippen MR) is 62.2 cm³/mol. The summed E-state index contributed by atoms with van der Waals surface area (Å²) in [6, 6.07) is 4.94. The fourth-order valence-corrected chi connectivity index (χ4v) is 1.50. The summed E-state index contributed by atoms with van der Waals surface area (Å²) in [5.41, 5.74) is 0.0542. The molecule has 0 aliphatic carbocycles. The van der Waals surface area contributed by atoms with Gasteiger partial charge in [-0.05, 0) is 18.2 Å². The molecule has 17 heavy (non-hydrogen) atoms. The number of carbonyl (C=O) groups is 1. The number of anilines is 1. The second-order valence-corrected chi connectivity index (χ2v) is 3.70. The van der Waals surface area contributed by atoms with Crippen molar-refractivity contribution in [2.24, 2.45) is 0 Å². The Morgan fingerprint density at radius 3 is 3.00 bits per heavy atom. The number of carboxylic acids is 1. The summed E-state index contributed by atoms with van der Waals surface area (Å²) >= 11 is 5.89. The van der Waals surface area contributed by atoms with E-state index in [4.69, 9.17) is 21.1 Å². The Morgan fingerprint density at radius 2 is 2.41 bits per heavy atom. The predicted octanol–water partition coefficient (Wildman–Crippen LogP) is 2.64. The van der Waals surface area contributed by atoms with Crippen LogP contribution in [0.15, 0.2) is 35.1 Å². The maximum Gasteiger partial charge on any atom is 0.337 e. The van der Waals surface area contributed by atoms with Gasteiger partial charge in [-0.1, -0.05) is 11.6 Å². The van der Waals surface area contributed by atoms with Gasteiger partial charge in [0.15, 0.2) is 0 Å². The number of carboxylic acid groups (broad SMARTS) is 1. The van der Waals surface area contributed by atoms with Crippen molar-refractivity contribution in [2.75, 3.05) is 5.32 Å². The van der Waals surface area contributed by atoms with Gasteiger partial charge >= 0.3 is 5.97 Å². The standard InChI is InChI=1S/C11H9ClN2O3/c12-9-4-7(11(15)16)5-13-10(9)14-6-8-2-1-3-17-8/h1-5H,6H2,(H,13,14)(H,15,16). The van der Waals surface area contributed by atoms with Crippen LogP contribution in [0.1, 0.15) is 16.1 Å². The third-order valence-electron chi connectivity index (χ3n) is 2.10. The van der Waals surface area contributed by atoms with Gasteiger partial charge in [0, 0.05) is 6.20 Å². The van der Waals surface area contributed by atoms with Crippen molar-refractivity contribution in [1.29, 1.82) is 0 Å². The van der Waals surface area contributed by atoms with Crippen molar-refractivity contribution in [3.05, 3.63) is 47.0 Å². The third-order valence-corrected chi connectivity index (χ3v) is 2.39. The smallest absolute Gasteiger partial charge is 0.337 e. The van der Waals surface area contributed by atoms with E-state index < -0.39 is 5.97 Å². The van der Waals surface area contributed by atoms with Gasteiger partial charge in [0.05, 0.1) is 23.4 Å². The van der Waals surface area contributed by atoms with Crippen molar-refractivity contribution in [1.82, 2.24) is 4.98 Å². The van der Waals surface area contributed by atoms with E-state index in [1.165, 1.54) is 12.3 Å². The lowest BCUT2D eigenvalue weighted by molar-refractivity contribution is 0.0696. The molecule has 0 aromatic carbocycles. The van der Waals surface area contributed by atoms with Crippen LogP contribution in [0, 0.1) is 0 Å². The maximum atomic E-state index is 10.7. The average molecular weight is 253 g/mol. The SMILES string of the molecule is O=C(O)c1cnc(NCc2ccco2)c(Cl)c1. The fourth-order valence-electron chi connectivity index (χ4n) is 1.27. The van der Waals surface area contributed by atoms with Crippen LogP contribution >= 0.6 is 11.6 Å². The zero-order valence-electron chi connectivity index (χ0n) is 8.68. The van der Waals surface area contributed by atoms with Crippen LogP contribution in [0.2, 0.25) is 5.02 Å². The lowest BCUT2D eigenvalue weighted by Crippen LogP contribution is -2.03. The van der Waals surface area contributed by atoms with Crippen molar-refractivity contribution in [3.8, 4) is 0 Å². The molecule has 88 valence electrons. The van der Waals surface area contributed by atoms with Crippen LogP contribution < -0.4 is 5.32 Å². The summed E-state index contributed by atoms with van der Waals surface area (Å²) in [5, 5.41) is 12.0. The van der Waals surface area contributed by atoms with E-state index in [0.29, 0.717) is 12.4 Å². The highest BCUT2D eigenvalue weighted by Gasteiger charge is 2.08. The number of furan rings is 1. The zero-order chi connectivity index (χ0) is 12.3. The van der Waals surface area contributed by atoms with Crippen LogP contribution in [0.3, 0.4) is 0 Å². The average Bonchev–Trinajstić information content (AvgIpc) is 2.80. The molecule has 0 fully saturated rings. The molecule has 2 aromatic rings. The molecule has 0 aliphatic heterocycles. The molecule has 0 aliphatic rings. The van der Waals surface area contributed by atoms with Gasteiger partial charge in [0.2, 0.25) is 0 Å². The van der Waals surface area contributed by atoms with Gasteiger partial charge in [-0.3, -0.25) is 0 Å². The van der Waals surface area contributed by atoms with E-state index in [-0.39, 0.29) is 10.6 Å². The summed E-state index contributed by atoms with van der Waals surface area (Å²) in [6.07, 6.45) is 2.82. The summed E-state index contributed by atoms with van der Waals surface area (Å²) in [6.45, 7) is 0.437. The number of hydrogen-bond acceptors (Lipinski definition) is 4. The molecule has 0 amide bonds. The Hall–Kier alpha value is -2.01. The van der Waals surface area contributed by atoms with Gasteiger partial charge in [-0.25, -0.2) is 9.78 Å². The minimum Gasteiger partial charge on any atom is -0.478 e. The molecule has 2 N–H and O–H groups in total. The first-order valence-corrected chi connectivity index (χ1v) is 5.19. The number of nitrogens with zero attached hydrogens (tertiary/aromatic N) is 1. The number of rotatable bonds is 4. The van der Waals surface area contributed by atoms with Crippen LogP contribution in [-0.4, -0.2) is 16.1 Å². The quantitative estimate of drug-likeness (QED) is 0.875. The molecule has 0 unspecified atom stereocenters.